The molecule has 0 aliphatic rings. The van der Waals surface area contributed by atoms with Crippen LogP contribution in [0.3, 0.4) is 0 Å². The molecule has 3 rings (SSSR count). The number of amides is 1. The molecule has 0 radical (unpaired) electrons. The number of carbonyl (C=O) groups is 1. The van der Waals surface area contributed by atoms with Crippen LogP contribution in [0, 0.1) is 0 Å². The molecule has 2 heterocycles. The predicted molar refractivity (Wildman–Crippen MR) is 101 cm³/mol. The maximum atomic E-state index is 12.0. The van der Waals surface area contributed by atoms with E-state index in [0.29, 0.717) is 5.13 Å². The Morgan fingerprint density at radius 3 is 2.50 bits per heavy atom. The highest BCUT2D eigenvalue weighted by molar-refractivity contribution is 8.00. The number of hydrogen-bond acceptors (Lipinski definition) is 8. The minimum absolute atomic E-state index is 0.249. The molecule has 0 bridgehead atoms. The van der Waals surface area contributed by atoms with Crippen molar-refractivity contribution in [2.24, 2.45) is 0 Å². The first-order chi connectivity index (χ1) is 11.3. The first-order valence-corrected chi connectivity index (χ1v) is 11.4. The molecule has 2 aromatic heterocycles. The van der Waals surface area contributed by atoms with Crippen LogP contribution in [0.5, 0.6) is 0 Å². The molecule has 11 heteroatoms. The van der Waals surface area contributed by atoms with Gasteiger partial charge in [0, 0.05) is 7.05 Å². The summed E-state index contributed by atoms with van der Waals surface area (Å²) in [7, 11) is -2.04. The second kappa shape index (κ2) is 6.56. The average Bonchev–Trinajstić information content (AvgIpc) is 3.07. The molecule has 1 aromatic carbocycles. The fourth-order valence-electron chi connectivity index (χ4n) is 1.97. The summed E-state index contributed by atoms with van der Waals surface area (Å²) >= 11 is 4.55. The predicted octanol–water partition coefficient (Wildman–Crippen LogP) is 2.46. The van der Waals surface area contributed by atoms with Crippen molar-refractivity contribution in [3.8, 4) is 0 Å². The molecule has 0 fully saturated rings. The van der Waals surface area contributed by atoms with E-state index in [0.717, 1.165) is 35.3 Å². The van der Waals surface area contributed by atoms with E-state index in [2.05, 4.69) is 15.3 Å². The lowest BCUT2D eigenvalue weighted by atomic mass is 10.3. The Morgan fingerprint density at radius 2 is 1.88 bits per heavy atom. The van der Waals surface area contributed by atoms with Crippen molar-refractivity contribution in [1.82, 2.24) is 14.3 Å². The summed E-state index contributed by atoms with van der Waals surface area (Å²) in [5, 5.41) is 3.11. The molecule has 128 valence electrons. The van der Waals surface area contributed by atoms with Crippen molar-refractivity contribution >= 4 is 75.9 Å². The summed E-state index contributed by atoms with van der Waals surface area (Å²) in [4.78, 5) is 20.9. The Labute approximate surface area is 151 Å². The van der Waals surface area contributed by atoms with Gasteiger partial charge in [-0.3, -0.25) is 4.79 Å². The third-order valence-corrected chi connectivity index (χ3v) is 7.71. The Hall–Kier alpha value is -1.27. The minimum atomic E-state index is -3.40. The van der Waals surface area contributed by atoms with Crippen molar-refractivity contribution in [2.75, 3.05) is 31.4 Å². The van der Waals surface area contributed by atoms with Gasteiger partial charge in [0.05, 0.1) is 33.2 Å². The van der Waals surface area contributed by atoms with E-state index < -0.39 is 15.9 Å². The number of thiazole rings is 2. The van der Waals surface area contributed by atoms with Gasteiger partial charge in [-0.1, -0.05) is 23.1 Å². The van der Waals surface area contributed by atoms with E-state index in [1.807, 2.05) is 18.4 Å². The van der Waals surface area contributed by atoms with Gasteiger partial charge >= 0.3 is 0 Å². The SMILES string of the molecule is CSc1nc2ccc3nc(NC(=O)CN(C)S(C)(=O)=O)sc3c2s1. The highest BCUT2D eigenvalue weighted by Crippen LogP contribution is 2.37. The minimum Gasteiger partial charge on any atom is -0.301 e. The molecule has 0 spiro atoms. The molecule has 7 nitrogen and oxygen atoms in total. The smallest absolute Gasteiger partial charge is 0.241 e. The summed E-state index contributed by atoms with van der Waals surface area (Å²) in [6.07, 6.45) is 3.04. The van der Waals surface area contributed by atoms with Gasteiger partial charge in [-0.25, -0.2) is 18.4 Å². The van der Waals surface area contributed by atoms with Crippen LogP contribution < -0.4 is 5.32 Å². The number of aromatic nitrogens is 2. The number of thioether (sulfide) groups is 1. The molecule has 1 N–H and O–H groups in total. The van der Waals surface area contributed by atoms with Crippen molar-refractivity contribution in [3.63, 3.8) is 0 Å². The molecule has 24 heavy (non-hydrogen) atoms. The molecule has 0 aliphatic heterocycles. The molecular formula is C13H14N4O3S4. The zero-order chi connectivity index (χ0) is 17.5. The second-order valence-corrected chi connectivity index (χ2v) is 10.2. The van der Waals surface area contributed by atoms with Crippen LogP contribution in [-0.2, 0) is 14.8 Å². The standard InChI is InChI=1S/C13H14N4O3S4/c1-17(24(3,19)20)6-9(18)16-12-14-7-4-5-8-11(10(7)22-12)23-13(15-8)21-2/h4-5H,6H2,1-3H3,(H,14,16,18). The highest BCUT2D eigenvalue weighted by atomic mass is 32.2. The number of carbonyl (C=O) groups excluding carboxylic acids is 1. The van der Waals surface area contributed by atoms with Gasteiger partial charge in [0.25, 0.3) is 0 Å². The number of rotatable bonds is 5. The van der Waals surface area contributed by atoms with Gasteiger partial charge in [0.1, 0.15) is 0 Å². The Morgan fingerprint density at radius 1 is 1.25 bits per heavy atom. The molecule has 0 unspecified atom stereocenters. The molecule has 0 saturated carbocycles. The van der Waals surface area contributed by atoms with Gasteiger partial charge in [-0.15, -0.1) is 11.3 Å². The quantitative estimate of drug-likeness (QED) is 0.659. The maximum absolute atomic E-state index is 12.0. The number of nitrogens with one attached hydrogen (secondary N) is 1. The van der Waals surface area contributed by atoms with Gasteiger partial charge in [-0.2, -0.15) is 4.31 Å². The molecular weight excluding hydrogens is 388 g/mol. The number of sulfonamides is 1. The van der Waals surface area contributed by atoms with Gasteiger partial charge in [0.2, 0.25) is 15.9 Å². The summed E-state index contributed by atoms with van der Waals surface area (Å²) in [5.74, 6) is -0.424. The van der Waals surface area contributed by atoms with Crippen LogP contribution in [0.25, 0.3) is 20.4 Å². The third-order valence-electron chi connectivity index (χ3n) is 3.25. The van der Waals surface area contributed by atoms with E-state index in [1.54, 1.807) is 23.1 Å². The first kappa shape index (κ1) is 17.5. The first-order valence-electron chi connectivity index (χ1n) is 6.73. The summed E-state index contributed by atoms with van der Waals surface area (Å²) in [6, 6.07) is 3.78. The fourth-order valence-corrected chi connectivity index (χ4v) is 5.00. The third kappa shape index (κ3) is 3.54. The molecule has 3 aromatic rings. The second-order valence-electron chi connectivity index (χ2n) is 5.03. The highest BCUT2D eigenvalue weighted by Gasteiger charge is 2.17. The van der Waals surface area contributed by atoms with Gasteiger partial charge in [0.15, 0.2) is 9.47 Å². The number of hydrogen-bond donors (Lipinski definition) is 1. The lowest BCUT2D eigenvalue weighted by Crippen LogP contribution is -2.34. The monoisotopic (exact) mass is 402 g/mol. The van der Waals surface area contributed by atoms with E-state index in [-0.39, 0.29) is 6.54 Å². The van der Waals surface area contributed by atoms with Crippen molar-refractivity contribution in [3.05, 3.63) is 12.1 Å². The van der Waals surface area contributed by atoms with Crippen LogP contribution in [0.4, 0.5) is 5.13 Å². The number of nitrogens with zero attached hydrogens (tertiary/aromatic N) is 3. The number of likely N-dealkylation sites (N-methyl/N-ethyl adjacent to an activating group) is 1. The van der Waals surface area contributed by atoms with E-state index in [1.165, 1.54) is 18.4 Å². The van der Waals surface area contributed by atoms with Crippen molar-refractivity contribution in [1.29, 1.82) is 0 Å². The summed E-state index contributed by atoms with van der Waals surface area (Å²) < 4.78 is 26.7. The van der Waals surface area contributed by atoms with Gasteiger partial charge < -0.3 is 5.32 Å². The zero-order valence-corrected chi connectivity index (χ0v) is 16.3. The van der Waals surface area contributed by atoms with Crippen molar-refractivity contribution < 1.29 is 13.2 Å². The lowest BCUT2D eigenvalue weighted by molar-refractivity contribution is -0.116. The summed E-state index contributed by atoms with van der Waals surface area (Å²) in [6.45, 7) is -0.249. The molecule has 0 atom stereocenters. The van der Waals surface area contributed by atoms with Gasteiger partial charge in [-0.05, 0) is 18.4 Å². The fraction of sp³-hybridized carbons (Fsp3) is 0.308. The van der Waals surface area contributed by atoms with Crippen LogP contribution in [-0.4, -0.2) is 54.7 Å². The number of fused-ring (bicyclic) bond motifs is 3. The topological polar surface area (TPSA) is 92.3 Å². The largest absolute Gasteiger partial charge is 0.301 e. The van der Waals surface area contributed by atoms with Crippen LogP contribution in [0.2, 0.25) is 0 Å². The van der Waals surface area contributed by atoms with Crippen LogP contribution in [0.1, 0.15) is 0 Å². The van der Waals surface area contributed by atoms with Crippen molar-refractivity contribution in [2.45, 2.75) is 4.34 Å². The number of benzene rings is 1. The molecule has 0 saturated heterocycles. The average molecular weight is 403 g/mol. The summed E-state index contributed by atoms with van der Waals surface area (Å²) in [5.41, 5.74) is 1.70. The van der Waals surface area contributed by atoms with Crippen LogP contribution >= 0.6 is 34.4 Å². The Kier molecular flexibility index (Phi) is 4.80. The Bertz CT molecular complexity index is 1020. The van der Waals surface area contributed by atoms with E-state index in [4.69, 9.17) is 0 Å². The number of anilines is 1. The Balaban J connectivity index is 1.87. The molecule has 0 aliphatic carbocycles. The normalized spacial score (nSPS) is 12.3. The van der Waals surface area contributed by atoms with E-state index >= 15 is 0 Å². The molecule has 1 amide bonds. The van der Waals surface area contributed by atoms with Crippen LogP contribution in [0.15, 0.2) is 16.5 Å². The van der Waals surface area contributed by atoms with E-state index in [9.17, 15) is 13.2 Å². The zero-order valence-electron chi connectivity index (χ0n) is 13.1. The maximum Gasteiger partial charge on any atom is 0.241 e. The lowest BCUT2D eigenvalue weighted by Gasteiger charge is -2.12.